The van der Waals surface area contributed by atoms with Crippen LogP contribution >= 0.6 is 15.9 Å². The predicted octanol–water partition coefficient (Wildman–Crippen LogP) is 2.08. The van der Waals surface area contributed by atoms with Crippen LogP contribution in [0.4, 0.5) is 5.82 Å². The van der Waals surface area contributed by atoms with Gasteiger partial charge in [0.05, 0.1) is 28.3 Å². The van der Waals surface area contributed by atoms with Crippen LogP contribution in [0.2, 0.25) is 0 Å². The molecule has 3 aromatic rings. The first kappa shape index (κ1) is 13.7. The lowest BCUT2D eigenvalue weighted by atomic mass is 10.3. The van der Waals surface area contributed by atoms with Crippen LogP contribution in [0.1, 0.15) is 18.3 Å². The van der Waals surface area contributed by atoms with Crippen LogP contribution in [-0.2, 0) is 7.05 Å². The second kappa shape index (κ2) is 5.05. The van der Waals surface area contributed by atoms with Gasteiger partial charge in [0.15, 0.2) is 5.65 Å². The molecule has 0 amide bonds. The van der Waals surface area contributed by atoms with Crippen LogP contribution in [0.15, 0.2) is 23.1 Å². The van der Waals surface area contributed by atoms with Crippen LogP contribution < -0.4 is 4.90 Å². The molecule has 1 saturated heterocycles. The first-order valence-electron chi connectivity index (χ1n) is 7.23. The van der Waals surface area contributed by atoms with E-state index < -0.39 is 0 Å². The minimum absolute atomic E-state index is 0.369. The maximum Gasteiger partial charge on any atom is 0.163 e. The fraction of sp³-hybridized carbons (Fsp3) is 0.429. The van der Waals surface area contributed by atoms with Crippen molar-refractivity contribution in [1.82, 2.24) is 29.5 Å². The third-order valence-corrected chi connectivity index (χ3v) is 4.50. The van der Waals surface area contributed by atoms with E-state index in [9.17, 15) is 0 Å². The maximum atomic E-state index is 4.65. The van der Waals surface area contributed by atoms with Gasteiger partial charge in [-0.15, -0.1) is 0 Å². The third-order valence-electron chi connectivity index (χ3n) is 4.09. The van der Waals surface area contributed by atoms with Crippen molar-refractivity contribution in [2.24, 2.45) is 7.05 Å². The molecule has 3 aromatic heterocycles. The van der Waals surface area contributed by atoms with Gasteiger partial charge in [-0.05, 0) is 29.3 Å². The van der Waals surface area contributed by atoms with Crippen molar-refractivity contribution in [1.29, 1.82) is 0 Å². The van der Waals surface area contributed by atoms with E-state index in [0.717, 1.165) is 46.7 Å². The van der Waals surface area contributed by atoms with Crippen LogP contribution in [0.5, 0.6) is 0 Å². The van der Waals surface area contributed by atoms with E-state index in [1.807, 2.05) is 37.2 Å². The number of fused-ring (bicyclic) bond motifs is 1. The van der Waals surface area contributed by atoms with Crippen molar-refractivity contribution in [3.05, 3.63) is 28.9 Å². The molecule has 1 atom stereocenters. The Morgan fingerprint density at radius 3 is 2.86 bits per heavy atom. The molecular weight excluding hydrogens is 346 g/mol. The molecule has 1 aliphatic heterocycles. The van der Waals surface area contributed by atoms with Gasteiger partial charge in [-0.3, -0.25) is 9.36 Å². The van der Waals surface area contributed by atoms with Crippen molar-refractivity contribution >= 4 is 32.8 Å². The van der Waals surface area contributed by atoms with Crippen molar-refractivity contribution in [2.45, 2.75) is 19.4 Å². The zero-order chi connectivity index (χ0) is 15.3. The lowest BCUT2D eigenvalue weighted by Gasteiger charge is -2.18. The second-order valence-electron chi connectivity index (χ2n) is 5.63. The second-order valence-corrected chi connectivity index (χ2v) is 6.54. The van der Waals surface area contributed by atoms with Gasteiger partial charge in [0.1, 0.15) is 11.6 Å². The van der Waals surface area contributed by atoms with Gasteiger partial charge < -0.3 is 4.90 Å². The van der Waals surface area contributed by atoms with E-state index in [1.54, 1.807) is 4.68 Å². The quantitative estimate of drug-likeness (QED) is 0.699. The third kappa shape index (κ3) is 2.18. The summed E-state index contributed by atoms with van der Waals surface area (Å²) in [6, 6.07) is 0.369. The number of rotatable bonds is 2. The number of nitrogens with zero attached hydrogens (tertiary/aromatic N) is 7. The number of halogens is 1. The van der Waals surface area contributed by atoms with Crippen molar-refractivity contribution < 1.29 is 0 Å². The van der Waals surface area contributed by atoms with E-state index in [-0.39, 0.29) is 0 Å². The molecule has 0 spiro atoms. The first-order valence-corrected chi connectivity index (χ1v) is 8.02. The standard InChI is InChI=1S/C14H16BrN7/c1-9-18-13-12(6-16-20(13)2)14(19-9)21-4-3-11(8-21)22-7-10(15)5-17-22/h5-7,11H,3-4,8H2,1-2H3. The van der Waals surface area contributed by atoms with E-state index in [1.165, 1.54) is 0 Å². The molecule has 0 aromatic carbocycles. The number of hydrogen-bond donors (Lipinski definition) is 0. The van der Waals surface area contributed by atoms with Crippen LogP contribution in [0.3, 0.4) is 0 Å². The van der Waals surface area contributed by atoms with Gasteiger partial charge in [-0.25, -0.2) is 9.97 Å². The molecule has 114 valence electrons. The molecule has 22 heavy (non-hydrogen) atoms. The number of aryl methyl sites for hydroxylation is 2. The molecule has 1 aliphatic rings. The molecule has 0 radical (unpaired) electrons. The highest BCUT2D eigenvalue weighted by Crippen LogP contribution is 2.30. The largest absolute Gasteiger partial charge is 0.354 e. The Labute approximate surface area is 136 Å². The molecule has 7 nitrogen and oxygen atoms in total. The molecule has 8 heteroatoms. The van der Waals surface area contributed by atoms with Crippen LogP contribution in [-0.4, -0.2) is 42.6 Å². The van der Waals surface area contributed by atoms with Crippen LogP contribution in [0.25, 0.3) is 11.0 Å². The summed E-state index contributed by atoms with van der Waals surface area (Å²) < 4.78 is 4.84. The Balaban J connectivity index is 1.68. The SMILES string of the molecule is Cc1nc(N2CCC(n3cc(Br)cn3)C2)c2cnn(C)c2n1. The lowest BCUT2D eigenvalue weighted by Crippen LogP contribution is -2.22. The molecule has 0 N–H and O–H groups in total. The normalized spacial score (nSPS) is 18.5. The molecule has 0 aliphatic carbocycles. The smallest absolute Gasteiger partial charge is 0.163 e. The fourth-order valence-corrected chi connectivity index (χ4v) is 3.32. The average Bonchev–Trinajstić information content (AvgIpc) is 3.19. The summed E-state index contributed by atoms with van der Waals surface area (Å²) in [4.78, 5) is 11.4. The molecular formula is C14H16BrN7. The molecule has 0 saturated carbocycles. The van der Waals surface area contributed by atoms with Gasteiger partial charge in [0, 0.05) is 26.3 Å². The Morgan fingerprint density at radius 1 is 1.23 bits per heavy atom. The summed E-state index contributed by atoms with van der Waals surface area (Å²) in [5, 5.41) is 9.73. The highest BCUT2D eigenvalue weighted by atomic mass is 79.9. The maximum absolute atomic E-state index is 4.65. The van der Waals surface area contributed by atoms with Crippen LogP contribution in [0, 0.1) is 6.92 Å². The minimum Gasteiger partial charge on any atom is -0.354 e. The Morgan fingerprint density at radius 2 is 2.09 bits per heavy atom. The topological polar surface area (TPSA) is 64.7 Å². The first-order chi connectivity index (χ1) is 10.6. The summed E-state index contributed by atoms with van der Waals surface area (Å²) >= 11 is 3.46. The Bertz CT molecular complexity index is 837. The molecule has 4 rings (SSSR count). The van der Waals surface area contributed by atoms with E-state index >= 15 is 0 Å². The van der Waals surface area contributed by atoms with Gasteiger partial charge in [0.25, 0.3) is 0 Å². The molecule has 4 heterocycles. The van der Waals surface area contributed by atoms with Gasteiger partial charge in [0.2, 0.25) is 0 Å². The van der Waals surface area contributed by atoms with E-state index in [2.05, 4.69) is 41.0 Å². The number of hydrogen-bond acceptors (Lipinski definition) is 5. The zero-order valence-electron chi connectivity index (χ0n) is 12.4. The van der Waals surface area contributed by atoms with Crippen molar-refractivity contribution in [2.75, 3.05) is 18.0 Å². The molecule has 0 bridgehead atoms. The van der Waals surface area contributed by atoms with Gasteiger partial charge in [-0.1, -0.05) is 0 Å². The number of aromatic nitrogens is 6. The van der Waals surface area contributed by atoms with E-state index in [4.69, 9.17) is 0 Å². The molecule has 1 fully saturated rings. The summed E-state index contributed by atoms with van der Waals surface area (Å²) in [6.45, 7) is 3.78. The highest BCUT2D eigenvalue weighted by Gasteiger charge is 2.27. The van der Waals surface area contributed by atoms with E-state index in [0.29, 0.717) is 6.04 Å². The summed E-state index contributed by atoms with van der Waals surface area (Å²) in [5.74, 6) is 1.75. The molecule has 1 unspecified atom stereocenters. The summed E-state index contributed by atoms with van der Waals surface area (Å²) in [7, 11) is 1.91. The Kier molecular flexibility index (Phi) is 3.14. The zero-order valence-corrected chi connectivity index (χ0v) is 14.0. The van der Waals surface area contributed by atoms with Crippen molar-refractivity contribution in [3.8, 4) is 0 Å². The lowest BCUT2D eigenvalue weighted by molar-refractivity contribution is 0.494. The monoisotopic (exact) mass is 361 g/mol. The number of anilines is 1. The highest BCUT2D eigenvalue weighted by molar-refractivity contribution is 9.10. The van der Waals surface area contributed by atoms with Gasteiger partial charge >= 0.3 is 0 Å². The van der Waals surface area contributed by atoms with Crippen molar-refractivity contribution in [3.63, 3.8) is 0 Å². The average molecular weight is 362 g/mol. The van der Waals surface area contributed by atoms with Gasteiger partial charge in [-0.2, -0.15) is 10.2 Å². The minimum atomic E-state index is 0.369. The predicted molar refractivity (Wildman–Crippen MR) is 86.8 cm³/mol. The summed E-state index contributed by atoms with van der Waals surface area (Å²) in [5.41, 5.74) is 0.882. The Hall–Kier alpha value is -1.96. The fourth-order valence-electron chi connectivity index (χ4n) is 3.02. The summed E-state index contributed by atoms with van der Waals surface area (Å²) in [6.07, 6.45) is 6.76.